The van der Waals surface area contributed by atoms with Crippen molar-refractivity contribution in [2.75, 3.05) is 11.9 Å². The number of hydrogen-bond donors (Lipinski definition) is 1. The van der Waals surface area contributed by atoms with E-state index in [1.165, 1.54) is 4.68 Å². The van der Waals surface area contributed by atoms with Gasteiger partial charge in [-0.1, -0.05) is 19.1 Å². The molecule has 2 rings (SSSR count). The van der Waals surface area contributed by atoms with Crippen LogP contribution in [-0.4, -0.2) is 31.3 Å². The predicted molar refractivity (Wildman–Crippen MR) is 79.5 cm³/mol. The zero-order valence-electron chi connectivity index (χ0n) is 11.5. The van der Waals surface area contributed by atoms with Gasteiger partial charge in [-0.3, -0.25) is 9.48 Å². The fraction of sp³-hybridized carbons (Fsp3) is 0.500. The minimum Gasteiger partial charge on any atom is -0.381 e. The highest BCUT2D eigenvalue weighted by Crippen LogP contribution is 2.16. The van der Waals surface area contributed by atoms with Gasteiger partial charge >= 0.3 is 0 Å². The van der Waals surface area contributed by atoms with E-state index in [9.17, 15) is 4.79 Å². The summed E-state index contributed by atoms with van der Waals surface area (Å²) in [6, 6.07) is 0. The molecule has 7 nitrogen and oxygen atoms in total. The number of anilines is 1. The predicted octanol–water partition coefficient (Wildman–Crippen LogP) is 1.37. The number of nitrogens with one attached hydrogen (secondary N) is 1. The first-order valence-corrected chi connectivity index (χ1v) is 7.21. The number of hydrogen-bond acceptors (Lipinski definition) is 5. The van der Waals surface area contributed by atoms with Gasteiger partial charge in [0.05, 0.1) is 24.6 Å². The number of rotatable bonds is 6. The third-order valence-electron chi connectivity index (χ3n) is 2.65. The van der Waals surface area contributed by atoms with Crippen molar-refractivity contribution in [3.8, 4) is 0 Å². The molecular formula is C12H17BrN6O. The van der Waals surface area contributed by atoms with Crippen molar-refractivity contribution in [2.45, 2.75) is 26.9 Å². The zero-order valence-corrected chi connectivity index (χ0v) is 13.0. The minimum absolute atomic E-state index is 0.121. The molecule has 0 spiro atoms. The van der Waals surface area contributed by atoms with E-state index in [1.807, 2.05) is 13.8 Å². The number of halogens is 1. The lowest BCUT2D eigenvalue weighted by Crippen LogP contribution is -2.26. The van der Waals surface area contributed by atoms with Gasteiger partial charge in [-0.05, 0) is 21.8 Å². The van der Waals surface area contributed by atoms with Gasteiger partial charge in [-0.2, -0.15) is 5.10 Å². The highest BCUT2D eigenvalue weighted by molar-refractivity contribution is 9.10. The van der Waals surface area contributed by atoms with Gasteiger partial charge < -0.3 is 5.32 Å². The van der Waals surface area contributed by atoms with E-state index in [0.717, 1.165) is 0 Å². The summed E-state index contributed by atoms with van der Waals surface area (Å²) in [5.41, 5.74) is 0.569. The van der Waals surface area contributed by atoms with E-state index in [1.54, 1.807) is 23.3 Å². The Balaban J connectivity index is 2.02. The van der Waals surface area contributed by atoms with Crippen molar-refractivity contribution in [2.24, 2.45) is 5.92 Å². The smallest absolute Gasteiger partial charge is 0.283 e. The quantitative estimate of drug-likeness (QED) is 0.859. The standard InChI is InChI=1S/C12H17BrN6O/c1-9(2)8-19-12(20)11(13)10(7-16-19)14-3-5-18-6-4-15-17-18/h4,6-7,9,14H,3,5,8H2,1-2H3. The molecule has 0 fully saturated rings. The molecule has 2 aromatic heterocycles. The van der Waals surface area contributed by atoms with Crippen LogP contribution in [-0.2, 0) is 13.1 Å². The molecule has 0 aliphatic rings. The molecule has 20 heavy (non-hydrogen) atoms. The molecule has 0 bridgehead atoms. The van der Waals surface area contributed by atoms with Crippen molar-refractivity contribution < 1.29 is 0 Å². The maximum atomic E-state index is 12.1. The monoisotopic (exact) mass is 340 g/mol. The van der Waals surface area contributed by atoms with Gasteiger partial charge in [0.25, 0.3) is 5.56 Å². The van der Waals surface area contributed by atoms with Crippen molar-refractivity contribution in [1.29, 1.82) is 0 Å². The first-order chi connectivity index (χ1) is 9.58. The zero-order chi connectivity index (χ0) is 14.5. The molecular weight excluding hydrogens is 324 g/mol. The Morgan fingerprint density at radius 1 is 1.45 bits per heavy atom. The molecule has 2 heterocycles. The Morgan fingerprint density at radius 3 is 2.90 bits per heavy atom. The summed E-state index contributed by atoms with van der Waals surface area (Å²) in [5, 5.41) is 14.9. The van der Waals surface area contributed by atoms with Crippen LogP contribution in [0.5, 0.6) is 0 Å². The van der Waals surface area contributed by atoms with E-state index in [2.05, 4.69) is 36.7 Å². The van der Waals surface area contributed by atoms with Crippen molar-refractivity contribution >= 4 is 21.6 Å². The summed E-state index contributed by atoms with van der Waals surface area (Å²) in [4.78, 5) is 12.1. The molecule has 0 radical (unpaired) electrons. The average molecular weight is 341 g/mol. The third-order valence-corrected chi connectivity index (χ3v) is 3.42. The molecule has 2 aromatic rings. The van der Waals surface area contributed by atoms with Crippen LogP contribution in [0.4, 0.5) is 5.69 Å². The fourth-order valence-corrected chi connectivity index (χ4v) is 2.17. The Hall–Kier alpha value is -1.70. The summed E-state index contributed by atoms with van der Waals surface area (Å²) in [7, 11) is 0. The lowest BCUT2D eigenvalue weighted by atomic mass is 10.2. The van der Waals surface area contributed by atoms with Crippen LogP contribution < -0.4 is 10.9 Å². The molecule has 8 heteroatoms. The maximum absolute atomic E-state index is 12.1. The molecule has 0 aliphatic heterocycles. The van der Waals surface area contributed by atoms with E-state index >= 15 is 0 Å². The first kappa shape index (κ1) is 14.7. The Labute approximate surface area is 125 Å². The van der Waals surface area contributed by atoms with E-state index in [-0.39, 0.29) is 5.56 Å². The molecule has 0 atom stereocenters. The van der Waals surface area contributed by atoms with Crippen LogP contribution in [0.3, 0.4) is 0 Å². The van der Waals surface area contributed by atoms with Crippen LogP contribution in [0.15, 0.2) is 27.9 Å². The first-order valence-electron chi connectivity index (χ1n) is 6.41. The van der Waals surface area contributed by atoms with Crippen LogP contribution in [0.2, 0.25) is 0 Å². The molecule has 0 unspecified atom stereocenters. The van der Waals surface area contributed by atoms with Crippen molar-refractivity contribution in [3.05, 3.63) is 33.4 Å². The summed E-state index contributed by atoms with van der Waals surface area (Å²) >= 11 is 3.33. The van der Waals surface area contributed by atoms with E-state index in [4.69, 9.17) is 0 Å². The highest BCUT2D eigenvalue weighted by atomic mass is 79.9. The summed E-state index contributed by atoms with van der Waals surface area (Å²) < 4.78 is 3.69. The van der Waals surface area contributed by atoms with Crippen molar-refractivity contribution in [3.63, 3.8) is 0 Å². The third kappa shape index (κ3) is 3.66. The number of nitrogens with zero attached hydrogens (tertiary/aromatic N) is 5. The molecule has 0 amide bonds. The molecule has 0 saturated carbocycles. The van der Waals surface area contributed by atoms with Crippen LogP contribution in [0.25, 0.3) is 0 Å². The Kier molecular flexibility index (Phi) is 4.89. The second kappa shape index (κ2) is 6.65. The lowest BCUT2D eigenvalue weighted by Gasteiger charge is -2.11. The average Bonchev–Trinajstić information content (AvgIpc) is 2.90. The normalized spacial score (nSPS) is 11.0. The summed E-state index contributed by atoms with van der Waals surface area (Å²) in [6.45, 7) is 6.01. The lowest BCUT2D eigenvalue weighted by molar-refractivity contribution is 0.462. The molecule has 108 valence electrons. The van der Waals surface area contributed by atoms with Crippen LogP contribution in [0.1, 0.15) is 13.8 Å². The summed E-state index contributed by atoms with van der Waals surface area (Å²) in [6.07, 6.45) is 5.08. The molecule has 0 aliphatic carbocycles. The van der Waals surface area contributed by atoms with Gasteiger partial charge in [-0.25, -0.2) is 4.68 Å². The van der Waals surface area contributed by atoms with Gasteiger partial charge in [0, 0.05) is 19.3 Å². The van der Waals surface area contributed by atoms with Gasteiger partial charge in [-0.15, -0.1) is 5.10 Å². The minimum atomic E-state index is -0.121. The van der Waals surface area contributed by atoms with Crippen molar-refractivity contribution in [1.82, 2.24) is 24.8 Å². The van der Waals surface area contributed by atoms with Gasteiger partial charge in [0.15, 0.2) is 0 Å². The molecule has 0 aromatic carbocycles. The summed E-state index contributed by atoms with van der Waals surface area (Å²) in [5.74, 6) is 0.373. The topological polar surface area (TPSA) is 77.6 Å². The molecule has 0 saturated heterocycles. The van der Waals surface area contributed by atoms with Crippen LogP contribution in [0, 0.1) is 5.92 Å². The fourth-order valence-electron chi connectivity index (χ4n) is 1.72. The highest BCUT2D eigenvalue weighted by Gasteiger charge is 2.09. The second-order valence-electron chi connectivity index (χ2n) is 4.85. The van der Waals surface area contributed by atoms with Gasteiger partial charge in [0.1, 0.15) is 4.47 Å². The largest absolute Gasteiger partial charge is 0.381 e. The Bertz CT molecular complexity index is 607. The van der Waals surface area contributed by atoms with Gasteiger partial charge in [0.2, 0.25) is 0 Å². The number of aromatic nitrogens is 5. The Morgan fingerprint density at radius 2 is 2.25 bits per heavy atom. The molecule has 1 N–H and O–H groups in total. The van der Waals surface area contributed by atoms with E-state index in [0.29, 0.717) is 35.7 Å². The van der Waals surface area contributed by atoms with E-state index < -0.39 is 0 Å². The second-order valence-corrected chi connectivity index (χ2v) is 5.64. The SMILES string of the molecule is CC(C)Cn1ncc(NCCn2ccnn2)c(Br)c1=O. The van der Waals surface area contributed by atoms with Crippen LogP contribution >= 0.6 is 15.9 Å². The maximum Gasteiger partial charge on any atom is 0.283 e.